The molecule has 0 aromatic heterocycles. The first-order valence-electron chi connectivity index (χ1n) is 9.33. The molecule has 3 unspecified atom stereocenters. The molecule has 0 spiro atoms. The third kappa shape index (κ3) is 3.36. The number of hydrogen-bond donors (Lipinski definition) is 0. The second-order valence-corrected chi connectivity index (χ2v) is 9.19. The van der Waals surface area contributed by atoms with E-state index in [0.29, 0.717) is 0 Å². The fraction of sp³-hybridized carbons (Fsp3) is 0.333. The molecule has 0 saturated heterocycles. The lowest BCUT2D eigenvalue weighted by molar-refractivity contribution is -0.129. The smallest absolute Gasteiger partial charge is 0.238 e. The van der Waals surface area contributed by atoms with E-state index in [0.717, 1.165) is 0 Å². The molecule has 3 aliphatic rings. The molecular weight excluding hydrogens is 675 g/mol. The van der Waals surface area contributed by atoms with Crippen molar-refractivity contribution in [2.24, 2.45) is 0 Å². The first kappa shape index (κ1) is 32.6. The normalized spacial score (nSPS) is 34.4. The third-order valence-corrected chi connectivity index (χ3v) is 7.08. The highest BCUT2D eigenvalue weighted by Crippen LogP contribution is 2.67. The highest BCUT2D eigenvalue weighted by molar-refractivity contribution is 6.72. The van der Waals surface area contributed by atoms with Gasteiger partial charge in [0, 0.05) is 0 Å². The van der Waals surface area contributed by atoms with Crippen molar-refractivity contribution in [1.29, 1.82) is 0 Å². The fourth-order valence-electron chi connectivity index (χ4n) is 4.11. The Morgan fingerprint density at radius 2 is 0.525 bits per heavy atom. The number of alkyl halides is 9. The zero-order chi connectivity index (χ0) is 31.5. The first-order valence-corrected chi connectivity index (χ1v) is 10.5. The van der Waals surface area contributed by atoms with Gasteiger partial charge in [0.05, 0.1) is 0 Å². The van der Waals surface area contributed by atoms with Crippen LogP contribution in [0.5, 0.6) is 0 Å². The van der Waals surface area contributed by atoms with E-state index in [2.05, 4.69) is 34.8 Å². The summed E-state index contributed by atoms with van der Waals surface area (Å²) in [6.07, 6.45) is 0. The molecule has 0 heterocycles. The summed E-state index contributed by atoms with van der Waals surface area (Å²) in [7, 11) is 0. The lowest BCUT2D eigenvalue weighted by Gasteiger charge is -2.51. The average Bonchev–Trinajstić information content (AvgIpc) is 2.89. The fourth-order valence-corrected chi connectivity index (χ4v) is 4.71. The number of halogens is 21. The van der Waals surface area contributed by atoms with E-state index in [1.54, 1.807) is 0 Å². The molecule has 222 valence electrons. The summed E-state index contributed by atoms with van der Waals surface area (Å²) in [5, 5.41) is -8.64. The van der Waals surface area contributed by atoms with Gasteiger partial charge in [0.1, 0.15) is 15.1 Å². The van der Waals surface area contributed by atoms with Gasteiger partial charge in [-0.3, -0.25) is 0 Å². The molecule has 0 aromatic carbocycles. The monoisotopic (exact) mass is 674 g/mol. The number of allylic oxidation sites excluding steroid dienone is 12. The van der Waals surface area contributed by atoms with E-state index >= 15 is 13.2 Å². The molecule has 0 nitrogen and oxygen atoms in total. The Balaban J connectivity index is 2.73. The van der Waals surface area contributed by atoms with Crippen LogP contribution in [0.1, 0.15) is 0 Å². The number of hydrogen-bond acceptors (Lipinski definition) is 0. The summed E-state index contributed by atoms with van der Waals surface area (Å²) in [4.78, 5) is 0. The zero-order valence-electron chi connectivity index (χ0n) is 17.5. The topological polar surface area (TPSA) is 0 Å². The lowest BCUT2D eigenvalue weighted by atomic mass is 9.19. The molecule has 0 aromatic rings. The van der Waals surface area contributed by atoms with Gasteiger partial charge >= 0.3 is 24.5 Å². The van der Waals surface area contributed by atoms with E-state index in [1.165, 1.54) is 0 Å². The van der Waals surface area contributed by atoms with Crippen LogP contribution in [-0.2, 0) is 0 Å². The molecule has 0 radical (unpaired) electrons. The van der Waals surface area contributed by atoms with Gasteiger partial charge in [0.25, 0.3) is 0 Å². The molecule has 3 atom stereocenters. The third-order valence-electron chi connectivity index (χ3n) is 6.08. The van der Waals surface area contributed by atoms with Gasteiger partial charge in [-0.1, -0.05) is 34.8 Å². The molecule has 0 bridgehead atoms. The standard InChI is InChI=1S/C18BCl3F18/c20-1-4(23)10(29)13(32,16(35,36)7(1)26)19(14(33)11(30)5(24)2(21)8(27)17(14,37)38)15(34)12(31)6(25)3(22)9(28)18(15,39)40. The molecule has 0 amide bonds. The average molecular weight is 675 g/mol. The van der Waals surface area contributed by atoms with Crippen LogP contribution in [-0.4, -0.2) is 41.2 Å². The molecule has 0 aliphatic heterocycles. The maximum Gasteiger partial charge on any atom is 0.333 e. The van der Waals surface area contributed by atoms with Crippen molar-refractivity contribution in [3.63, 3.8) is 0 Å². The summed E-state index contributed by atoms with van der Waals surface area (Å²) >= 11 is 13.8. The van der Waals surface area contributed by atoms with Crippen LogP contribution in [0.25, 0.3) is 0 Å². The minimum absolute atomic E-state index is 2.88. The van der Waals surface area contributed by atoms with E-state index in [9.17, 15) is 65.9 Å². The van der Waals surface area contributed by atoms with Crippen LogP contribution in [0.15, 0.2) is 67.5 Å². The minimum atomic E-state index is -7.36. The Morgan fingerprint density at radius 1 is 0.350 bits per heavy atom. The van der Waals surface area contributed by atoms with E-state index in [1.807, 2.05) is 0 Å². The highest BCUT2D eigenvalue weighted by atomic mass is 35.5. The highest BCUT2D eigenvalue weighted by Gasteiger charge is 2.91. The first-order chi connectivity index (χ1) is 17.8. The van der Waals surface area contributed by atoms with Crippen LogP contribution < -0.4 is 0 Å². The minimum Gasteiger partial charge on any atom is -0.238 e. The Bertz CT molecular complexity index is 1240. The summed E-state index contributed by atoms with van der Waals surface area (Å²) in [6, 6.07) is 0. The molecule has 40 heavy (non-hydrogen) atoms. The Labute approximate surface area is 223 Å². The molecule has 22 heteroatoms. The molecule has 3 rings (SSSR count). The van der Waals surface area contributed by atoms with Gasteiger partial charge in [-0.15, -0.1) is 0 Å². The van der Waals surface area contributed by atoms with Gasteiger partial charge in [0.2, 0.25) is 16.7 Å². The van der Waals surface area contributed by atoms with Crippen LogP contribution in [0.4, 0.5) is 79.0 Å². The second-order valence-electron chi connectivity index (χ2n) is 8.06. The van der Waals surface area contributed by atoms with Gasteiger partial charge in [-0.2, -0.15) is 26.3 Å². The van der Waals surface area contributed by atoms with Crippen molar-refractivity contribution in [3.8, 4) is 0 Å². The van der Waals surface area contributed by atoms with Crippen LogP contribution in [0.3, 0.4) is 0 Å². The van der Waals surface area contributed by atoms with Crippen LogP contribution in [0, 0.1) is 0 Å². The van der Waals surface area contributed by atoms with Crippen molar-refractivity contribution in [1.82, 2.24) is 0 Å². The van der Waals surface area contributed by atoms with Crippen molar-refractivity contribution in [2.75, 3.05) is 0 Å². The quantitative estimate of drug-likeness (QED) is 0.207. The van der Waals surface area contributed by atoms with Crippen molar-refractivity contribution in [2.45, 2.75) is 34.5 Å². The summed E-state index contributed by atoms with van der Waals surface area (Å²) in [6.45, 7) is -6.66. The second kappa shape index (κ2) is 9.06. The van der Waals surface area contributed by atoms with Gasteiger partial charge in [-0.05, 0) is 0 Å². The van der Waals surface area contributed by atoms with Gasteiger partial charge in [-0.25, -0.2) is 52.7 Å². The van der Waals surface area contributed by atoms with Crippen molar-refractivity contribution < 1.29 is 79.0 Å². The van der Waals surface area contributed by atoms with Gasteiger partial charge < -0.3 is 0 Å². The SMILES string of the molecule is FC1=C(F)C(F)(B(C2(F)C(F)=C(F)C(Cl)=C(F)C2(F)F)C2(F)C(F)=C(F)C(Cl)=C(F)C2(F)F)C(F)(F)C(F)=C1Cl. The molecule has 0 N–H and O–H groups in total. The van der Waals surface area contributed by atoms with Crippen molar-refractivity contribution in [3.05, 3.63) is 67.5 Å². The maximum absolute atomic E-state index is 16.0. The van der Waals surface area contributed by atoms with E-state index in [-0.39, 0.29) is 0 Å². The van der Waals surface area contributed by atoms with E-state index in [4.69, 9.17) is 0 Å². The summed E-state index contributed by atoms with van der Waals surface area (Å²) in [5.74, 6) is -57.5. The van der Waals surface area contributed by atoms with Crippen LogP contribution in [0.2, 0.25) is 0 Å². The molecule has 0 fully saturated rings. The summed E-state index contributed by atoms with van der Waals surface area (Å²) in [5.41, 5.74) is -22.1. The van der Waals surface area contributed by atoms with Gasteiger partial charge in [0.15, 0.2) is 52.4 Å². The van der Waals surface area contributed by atoms with Crippen molar-refractivity contribution >= 4 is 41.5 Å². The largest absolute Gasteiger partial charge is 0.333 e. The summed E-state index contributed by atoms with van der Waals surface area (Å²) < 4.78 is 266. The zero-order valence-corrected chi connectivity index (χ0v) is 19.8. The maximum atomic E-state index is 16.0. The van der Waals surface area contributed by atoms with E-state index < -0.39 is 109 Å². The Hall–Kier alpha value is -1.89. The predicted molar refractivity (Wildman–Crippen MR) is 102 cm³/mol. The molecular formula is C18BCl3F18. The molecule has 0 saturated carbocycles. The predicted octanol–water partition coefficient (Wildman–Crippen LogP) is 9.88. The lowest BCUT2D eigenvalue weighted by Crippen LogP contribution is -2.81. The number of rotatable bonds is 3. The Morgan fingerprint density at radius 3 is 0.700 bits per heavy atom. The van der Waals surface area contributed by atoms with Crippen LogP contribution >= 0.6 is 34.8 Å². The Kier molecular flexibility index (Phi) is 7.39. The molecule has 3 aliphatic carbocycles.